The molecule has 0 fully saturated rings. The van der Waals surface area contributed by atoms with E-state index in [9.17, 15) is 5.11 Å². The van der Waals surface area contributed by atoms with Gasteiger partial charge < -0.3 is 15.2 Å². The van der Waals surface area contributed by atoms with Crippen LogP contribution < -0.4 is 10.1 Å². The molecule has 1 rings (SSSR count). The molecule has 0 aromatic heterocycles. The van der Waals surface area contributed by atoms with E-state index in [0.29, 0.717) is 19.0 Å². The monoisotopic (exact) mass is 251 g/mol. The summed E-state index contributed by atoms with van der Waals surface area (Å²) in [6, 6.07) is 6.28. The molecule has 0 spiro atoms. The van der Waals surface area contributed by atoms with Gasteiger partial charge in [-0.25, -0.2) is 0 Å². The van der Waals surface area contributed by atoms with Crippen LogP contribution in [0.1, 0.15) is 44.7 Å². The van der Waals surface area contributed by atoms with Crippen LogP contribution in [0.4, 0.5) is 0 Å². The van der Waals surface area contributed by atoms with Crippen LogP contribution in [0.15, 0.2) is 18.2 Å². The first-order chi connectivity index (χ1) is 8.33. The summed E-state index contributed by atoms with van der Waals surface area (Å²) in [5.74, 6) is 1.39. The average Bonchev–Trinajstić information content (AvgIpc) is 2.27. The van der Waals surface area contributed by atoms with Crippen molar-refractivity contribution >= 4 is 0 Å². The zero-order valence-electron chi connectivity index (χ0n) is 12.1. The predicted octanol–water partition coefficient (Wildman–Crippen LogP) is 2.68. The largest absolute Gasteiger partial charge is 0.496 e. The number of ether oxygens (including phenoxy) is 1. The summed E-state index contributed by atoms with van der Waals surface area (Å²) in [5.41, 5.74) is 1.74. The minimum Gasteiger partial charge on any atom is -0.496 e. The lowest BCUT2D eigenvalue weighted by Gasteiger charge is -2.19. The number of nitrogens with one attached hydrogen (secondary N) is 1. The molecule has 0 saturated heterocycles. The van der Waals surface area contributed by atoms with Crippen molar-refractivity contribution in [1.82, 2.24) is 5.32 Å². The third-order valence-electron chi connectivity index (χ3n) is 2.84. The summed E-state index contributed by atoms with van der Waals surface area (Å²) in [4.78, 5) is 0. The van der Waals surface area contributed by atoms with Crippen LogP contribution in [0.3, 0.4) is 0 Å². The molecule has 0 bridgehead atoms. The van der Waals surface area contributed by atoms with Crippen LogP contribution in [0.25, 0.3) is 0 Å². The third kappa shape index (κ3) is 4.67. The number of hydrogen-bond donors (Lipinski definition) is 2. The Hall–Kier alpha value is -1.06. The average molecular weight is 251 g/mol. The van der Waals surface area contributed by atoms with E-state index in [-0.39, 0.29) is 0 Å². The predicted molar refractivity (Wildman–Crippen MR) is 75.1 cm³/mol. The molecule has 0 radical (unpaired) electrons. The molecule has 0 heterocycles. The van der Waals surface area contributed by atoms with E-state index in [1.165, 1.54) is 5.56 Å². The standard InChI is InChI=1S/C15H25NO2/c1-11(2)12-6-7-14(18-5)13(8-12)9-16-10-15(3,4)17/h6-8,11,16-17H,9-10H2,1-5H3. The van der Waals surface area contributed by atoms with Gasteiger partial charge in [0.2, 0.25) is 0 Å². The molecule has 0 aliphatic rings. The van der Waals surface area contributed by atoms with Gasteiger partial charge in [-0.15, -0.1) is 0 Å². The summed E-state index contributed by atoms with van der Waals surface area (Å²) in [7, 11) is 1.68. The number of methoxy groups -OCH3 is 1. The van der Waals surface area contributed by atoms with E-state index >= 15 is 0 Å². The number of rotatable bonds is 6. The van der Waals surface area contributed by atoms with Crippen molar-refractivity contribution < 1.29 is 9.84 Å². The molecule has 0 amide bonds. The summed E-state index contributed by atoms with van der Waals surface area (Å²) >= 11 is 0. The highest BCUT2D eigenvalue weighted by atomic mass is 16.5. The molecule has 0 unspecified atom stereocenters. The second-order valence-corrected chi connectivity index (χ2v) is 5.64. The van der Waals surface area contributed by atoms with Crippen molar-refractivity contribution in [2.45, 2.75) is 45.8 Å². The Morgan fingerprint density at radius 3 is 2.50 bits per heavy atom. The number of hydrogen-bond acceptors (Lipinski definition) is 3. The van der Waals surface area contributed by atoms with Crippen molar-refractivity contribution in [2.75, 3.05) is 13.7 Å². The Bertz CT molecular complexity index is 381. The number of aliphatic hydroxyl groups is 1. The molecule has 18 heavy (non-hydrogen) atoms. The van der Waals surface area contributed by atoms with Crippen LogP contribution in [0.5, 0.6) is 5.75 Å². The van der Waals surface area contributed by atoms with E-state index in [1.54, 1.807) is 21.0 Å². The van der Waals surface area contributed by atoms with E-state index in [1.807, 2.05) is 6.07 Å². The Labute approximate surface area is 110 Å². The lowest BCUT2D eigenvalue weighted by Crippen LogP contribution is -2.34. The molecule has 0 aliphatic carbocycles. The quantitative estimate of drug-likeness (QED) is 0.816. The highest BCUT2D eigenvalue weighted by Crippen LogP contribution is 2.24. The van der Waals surface area contributed by atoms with Gasteiger partial charge in [-0.2, -0.15) is 0 Å². The van der Waals surface area contributed by atoms with E-state index in [4.69, 9.17) is 4.74 Å². The normalized spacial score (nSPS) is 11.9. The van der Waals surface area contributed by atoms with Crippen molar-refractivity contribution in [2.24, 2.45) is 0 Å². The maximum Gasteiger partial charge on any atom is 0.123 e. The Kier molecular flexibility index (Phi) is 5.17. The van der Waals surface area contributed by atoms with Crippen molar-refractivity contribution in [3.63, 3.8) is 0 Å². The molecule has 3 heteroatoms. The second kappa shape index (κ2) is 6.21. The lowest BCUT2D eigenvalue weighted by molar-refractivity contribution is 0.0794. The first kappa shape index (κ1) is 15.0. The van der Waals surface area contributed by atoms with Crippen molar-refractivity contribution in [3.8, 4) is 5.75 Å². The summed E-state index contributed by atoms with van der Waals surface area (Å²) in [6.07, 6.45) is 0. The fourth-order valence-electron chi connectivity index (χ4n) is 1.80. The molecule has 102 valence electrons. The molecule has 1 aromatic carbocycles. The lowest BCUT2D eigenvalue weighted by atomic mass is 10.00. The van der Waals surface area contributed by atoms with Gasteiger partial charge in [0.05, 0.1) is 12.7 Å². The van der Waals surface area contributed by atoms with Gasteiger partial charge in [0.25, 0.3) is 0 Å². The van der Waals surface area contributed by atoms with E-state index in [0.717, 1.165) is 11.3 Å². The zero-order chi connectivity index (χ0) is 13.8. The van der Waals surface area contributed by atoms with Crippen LogP contribution >= 0.6 is 0 Å². The van der Waals surface area contributed by atoms with E-state index in [2.05, 4.69) is 31.3 Å². The first-order valence-corrected chi connectivity index (χ1v) is 6.43. The highest BCUT2D eigenvalue weighted by Gasteiger charge is 2.12. The summed E-state index contributed by atoms with van der Waals surface area (Å²) < 4.78 is 5.36. The molecule has 1 aromatic rings. The second-order valence-electron chi connectivity index (χ2n) is 5.64. The van der Waals surface area contributed by atoms with Crippen LogP contribution in [-0.4, -0.2) is 24.4 Å². The number of benzene rings is 1. The Morgan fingerprint density at radius 1 is 1.33 bits per heavy atom. The van der Waals surface area contributed by atoms with Gasteiger partial charge in [-0.3, -0.25) is 0 Å². The topological polar surface area (TPSA) is 41.5 Å². The van der Waals surface area contributed by atoms with Crippen molar-refractivity contribution in [1.29, 1.82) is 0 Å². The zero-order valence-corrected chi connectivity index (χ0v) is 12.1. The third-order valence-corrected chi connectivity index (χ3v) is 2.84. The SMILES string of the molecule is COc1ccc(C(C)C)cc1CNCC(C)(C)O. The molecular formula is C15H25NO2. The molecule has 3 nitrogen and oxygen atoms in total. The Balaban J connectivity index is 2.75. The fraction of sp³-hybridized carbons (Fsp3) is 0.600. The molecule has 0 saturated carbocycles. The van der Waals surface area contributed by atoms with Crippen molar-refractivity contribution in [3.05, 3.63) is 29.3 Å². The minimum absolute atomic E-state index is 0.504. The highest BCUT2D eigenvalue weighted by molar-refractivity contribution is 5.38. The van der Waals surface area contributed by atoms with Crippen LogP contribution in [0.2, 0.25) is 0 Å². The maximum atomic E-state index is 9.67. The Morgan fingerprint density at radius 2 is 2.00 bits per heavy atom. The fourth-order valence-corrected chi connectivity index (χ4v) is 1.80. The minimum atomic E-state index is -0.692. The molecule has 0 aliphatic heterocycles. The maximum absolute atomic E-state index is 9.67. The van der Waals surface area contributed by atoms with Crippen LogP contribution in [0, 0.1) is 0 Å². The molecule has 0 atom stereocenters. The van der Waals surface area contributed by atoms with Gasteiger partial charge in [0.1, 0.15) is 5.75 Å². The molecule has 2 N–H and O–H groups in total. The van der Waals surface area contributed by atoms with E-state index < -0.39 is 5.60 Å². The van der Waals surface area contributed by atoms with Gasteiger partial charge in [-0.05, 0) is 31.4 Å². The molecular weight excluding hydrogens is 226 g/mol. The summed E-state index contributed by atoms with van der Waals surface area (Å²) in [6.45, 7) is 9.20. The summed E-state index contributed by atoms with van der Waals surface area (Å²) in [5, 5.41) is 12.9. The smallest absolute Gasteiger partial charge is 0.123 e. The first-order valence-electron chi connectivity index (χ1n) is 6.43. The van der Waals surface area contributed by atoms with Gasteiger partial charge in [0, 0.05) is 18.7 Å². The van der Waals surface area contributed by atoms with Gasteiger partial charge in [-0.1, -0.05) is 26.0 Å². The van der Waals surface area contributed by atoms with Gasteiger partial charge in [0.15, 0.2) is 0 Å². The van der Waals surface area contributed by atoms with Crippen LogP contribution in [-0.2, 0) is 6.54 Å². The van der Waals surface area contributed by atoms with Gasteiger partial charge >= 0.3 is 0 Å².